The van der Waals surface area contributed by atoms with Crippen molar-refractivity contribution in [2.75, 3.05) is 0 Å². The van der Waals surface area contributed by atoms with Crippen molar-refractivity contribution in [3.05, 3.63) is 24.3 Å². The summed E-state index contributed by atoms with van der Waals surface area (Å²) in [5.41, 5.74) is -5.45. The van der Waals surface area contributed by atoms with Crippen LogP contribution in [0.2, 0.25) is 0 Å². The van der Waals surface area contributed by atoms with Gasteiger partial charge in [-0.3, -0.25) is 14.2 Å². The van der Waals surface area contributed by atoms with Gasteiger partial charge in [0, 0.05) is 12.4 Å². The van der Waals surface area contributed by atoms with E-state index in [-0.39, 0.29) is 5.69 Å². The third kappa shape index (κ3) is 2.89. The Bertz CT molecular complexity index is 446. The van der Waals surface area contributed by atoms with E-state index in [4.69, 9.17) is 0 Å². The summed E-state index contributed by atoms with van der Waals surface area (Å²) in [4.78, 5) is 7.20. The minimum Gasteiger partial charge on any atom is -0.261 e. The number of hydrogen-bond acceptors (Lipinski definition) is 5. The molecule has 0 N–H and O–H groups in total. The number of nitrogens with zero attached hydrogens (tertiary/aromatic N) is 2. The maximum absolute atomic E-state index is 12.0. The molecule has 0 aromatic carbocycles. The van der Waals surface area contributed by atoms with Crippen LogP contribution in [0, 0.1) is 0 Å². The van der Waals surface area contributed by atoms with Gasteiger partial charge in [0.25, 0.3) is 0 Å². The first-order valence-corrected chi connectivity index (χ1v) is 5.40. The molecular weight excluding hydrogens is 249 g/mol. The summed E-state index contributed by atoms with van der Waals surface area (Å²) in [6.45, 7) is 1.13. The molecule has 0 saturated carbocycles. The monoisotopic (exact) mass is 256 g/mol. The average molecular weight is 256 g/mol. The van der Waals surface area contributed by atoms with Gasteiger partial charge < -0.3 is 0 Å². The lowest BCUT2D eigenvalue weighted by Gasteiger charge is -2.13. The van der Waals surface area contributed by atoms with Crippen molar-refractivity contribution in [1.29, 1.82) is 0 Å². The molecular formula is C7H7F3N2O3S. The Kier molecular flexibility index (Phi) is 3.48. The van der Waals surface area contributed by atoms with Crippen molar-refractivity contribution >= 4 is 10.1 Å². The lowest BCUT2D eigenvalue weighted by atomic mass is 10.3. The van der Waals surface area contributed by atoms with Crippen molar-refractivity contribution in [3.63, 3.8) is 0 Å². The Morgan fingerprint density at radius 2 is 2.00 bits per heavy atom. The summed E-state index contributed by atoms with van der Waals surface area (Å²) in [7, 11) is -5.61. The molecule has 1 rings (SSSR count). The highest BCUT2D eigenvalue weighted by Crippen LogP contribution is 2.28. The van der Waals surface area contributed by atoms with E-state index in [1.165, 1.54) is 12.4 Å². The maximum atomic E-state index is 12.0. The van der Waals surface area contributed by atoms with Crippen molar-refractivity contribution in [2.24, 2.45) is 0 Å². The number of alkyl halides is 3. The van der Waals surface area contributed by atoms with Gasteiger partial charge in [0.15, 0.2) is 0 Å². The van der Waals surface area contributed by atoms with Crippen LogP contribution >= 0.6 is 0 Å². The van der Waals surface area contributed by atoms with Gasteiger partial charge in [-0.15, -0.1) is 0 Å². The maximum Gasteiger partial charge on any atom is 0.523 e. The summed E-state index contributed by atoms with van der Waals surface area (Å²) < 4.78 is 61.1. The minimum absolute atomic E-state index is 0.00433. The third-order valence-electron chi connectivity index (χ3n) is 1.55. The van der Waals surface area contributed by atoms with Crippen LogP contribution in [-0.4, -0.2) is 23.9 Å². The molecule has 0 aliphatic rings. The smallest absolute Gasteiger partial charge is 0.261 e. The molecule has 1 atom stereocenters. The second-order valence-corrected chi connectivity index (χ2v) is 4.33. The predicted octanol–water partition coefficient (Wildman–Crippen LogP) is 1.40. The molecule has 1 heterocycles. The molecule has 1 aromatic rings. The van der Waals surface area contributed by atoms with Crippen molar-refractivity contribution < 1.29 is 25.8 Å². The molecule has 0 aliphatic heterocycles. The number of halogens is 3. The topological polar surface area (TPSA) is 69.2 Å². The van der Waals surface area contributed by atoms with Gasteiger partial charge in [-0.1, -0.05) is 0 Å². The van der Waals surface area contributed by atoms with Crippen molar-refractivity contribution in [3.8, 4) is 0 Å². The second-order valence-electron chi connectivity index (χ2n) is 2.77. The molecule has 0 radical (unpaired) electrons. The molecule has 0 fully saturated rings. The van der Waals surface area contributed by atoms with Gasteiger partial charge in [-0.05, 0) is 6.92 Å². The number of rotatable bonds is 3. The van der Waals surface area contributed by atoms with Crippen LogP contribution in [0.25, 0.3) is 0 Å². The van der Waals surface area contributed by atoms with Crippen LogP contribution in [0.5, 0.6) is 0 Å². The van der Waals surface area contributed by atoms with E-state index in [0.29, 0.717) is 0 Å². The minimum atomic E-state index is -5.61. The van der Waals surface area contributed by atoms with Crippen LogP contribution in [-0.2, 0) is 14.3 Å². The van der Waals surface area contributed by atoms with Crippen molar-refractivity contribution in [1.82, 2.24) is 9.97 Å². The van der Waals surface area contributed by atoms with Crippen molar-refractivity contribution in [2.45, 2.75) is 18.5 Å². The zero-order chi connectivity index (χ0) is 12.4. The zero-order valence-electron chi connectivity index (χ0n) is 7.97. The molecule has 1 unspecified atom stereocenters. The standard InChI is InChI=1S/C7H7F3N2O3S/c1-5(6-4-11-2-3-12-6)15-16(13,14)7(8,9)10/h2-5H,1H3. The van der Waals surface area contributed by atoms with E-state index in [9.17, 15) is 21.6 Å². The molecule has 5 nitrogen and oxygen atoms in total. The van der Waals surface area contributed by atoms with Crippen LogP contribution < -0.4 is 0 Å². The third-order valence-corrected chi connectivity index (χ3v) is 2.66. The fourth-order valence-corrected chi connectivity index (χ4v) is 1.40. The van der Waals surface area contributed by atoms with E-state index in [2.05, 4.69) is 14.2 Å². The molecule has 0 amide bonds. The van der Waals surface area contributed by atoms with E-state index in [1.54, 1.807) is 0 Å². The van der Waals surface area contributed by atoms with E-state index in [1.807, 2.05) is 0 Å². The molecule has 90 valence electrons. The van der Waals surface area contributed by atoms with Gasteiger partial charge in [0.2, 0.25) is 0 Å². The average Bonchev–Trinajstić information content (AvgIpc) is 2.16. The second kappa shape index (κ2) is 4.34. The normalized spacial score (nSPS) is 14.8. The Labute approximate surface area is 89.4 Å². The first-order chi connectivity index (χ1) is 7.24. The highest BCUT2D eigenvalue weighted by Gasteiger charge is 2.48. The van der Waals surface area contributed by atoms with Crippen LogP contribution in [0.1, 0.15) is 18.7 Å². The summed E-state index contributed by atoms with van der Waals surface area (Å²) in [5.74, 6) is 0. The van der Waals surface area contributed by atoms with Crippen LogP contribution in [0.3, 0.4) is 0 Å². The van der Waals surface area contributed by atoms with Gasteiger partial charge in [-0.2, -0.15) is 21.6 Å². The summed E-state index contributed by atoms with van der Waals surface area (Å²) in [6.07, 6.45) is 2.29. The zero-order valence-corrected chi connectivity index (χ0v) is 8.79. The number of hydrogen-bond donors (Lipinski definition) is 0. The summed E-state index contributed by atoms with van der Waals surface area (Å²) in [5, 5.41) is 0. The molecule has 0 spiro atoms. The molecule has 0 bridgehead atoms. The largest absolute Gasteiger partial charge is 0.523 e. The lowest BCUT2D eigenvalue weighted by molar-refractivity contribution is -0.0570. The Balaban J connectivity index is 2.85. The van der Waals surface area contributed by atoms with Gasteiger partial charge >= 0.3 is 15.6 Å². The first kappa shape index (κ1) is 12.8. The fraction of sp³-hybridized carbons (Fsp3) is 0.429. The summed E-state index contributed by atoms with van der Waals surface area (Å²) in [6, 6.07) is 0. The molecule has 1 aromatic heterocycles. The molecule has 16 heavy (non-hydrogen) atoms. The fourth-order valence-electron chi connectivity index (χ4n) is 0.814. The van der Waals surface area contributed by atoms with Gasteiger partial charge in [-0.25, -0.2) is 0 Å². The highest BCUT2D eigenvalue weighted by molar-refractivity contribution is 7.87. The number of aromatic nitrogens is 2. The quantitative estimate of drug-likeness (QED) is 0.604. The first-order valence-electron chi connectivity index (χ1n) is 3.99. The Morgan fingerprint density at radius 1 is 1.38 bits per heavy atom. The van der Waals surface area contributed by atoms with E-state index >= 15 is 0 Å². The van der Waals surface area contributed by atoms with E-state index < -0.39 is 21.7 Å². The Hall–Kier alpha value is -1.22. The van der Waals surface area contributed by atoms with Crippen LogP contribution in [0.4, 0.5) is 13.2 Å². The molecule has 0 saturated heterocycles. The highest BCUT2D eigenvalue weighted by atomic mass is 32.2. The molecule has 0 aliphatic carbocycles. The van der Waals surface area contributed by atoms with E-state index in [0.717, 1.165) is 13.1 Å². The van der Waals surface area contributed by atoms with Gasteiger partial charge in [0.1, 0.15) is 6.10 Å². The van der Waals surface area contributed by atoms with Gasteiger partial charge in [0.05, 0.1) is 11.9 Å². The lowest BCUT2D eigenvalue weighted by Crippen LogP contribution is -2.26. The van der Waals surface area contributed by atoms with Crippen LogP contribution in [0.15, 0.2) is 18.6 Å². The Morgan fingerprint density at radius 3 is 2.44 bits per heavy atom. The summed E-state index contributed by atoms with van der Waals surface area (Å²) >= 11 is 0. The SMILES string of the molecule is CC(OS(=O)(=O)C(F)(F)F)c1cnccn1. The molecule has 9 heteroatoms. The predicted molar refractivity (Wildman–Crippen MR) is 46.5 cm³/mol.